The number of urea groups is 1. The van der Waals surface area contributed by atoms with Crippen molar-refractivity contribution in [1.82, 2.24) is 20.5 Å². The Morgan fingerprint density at radius 1 is 1.29 bits per heavy atom. The van der Waals surface area contributed by atoms with Crippen LogP contribution < -0.4 is 10.6 Å². The van der Waals surface area contributed by atoms with Gasteiger partial charge in [0.15, 0.2) is 0 Å². The molecule has 2 aromatic heterocycles. The first-order chi connectivity index (χ1) is 11.7. The smallest absolute Gasteiger partial charge is 0.315 e. The first kappa shape index (κ1) is 16.5. The topological polar surface area (TPSA) is 70.4 Å². The molecule has 0 aromatic carbocycles. The summed E-state index contributed by atoms with van der Waals surface area (Å²) in [6, 6.07) is 7.52. The van der Waals surface area contributed by atoms with Crippen molar-refractivity contribution in [2.45, 2.75) is 31.8 Å². The largest absolute Gasteiger partial charge is 0.468 e. The van der Waals surface area contributed by atoms with Gasteiger partial charge >= 0.3 is 6.03 Å². The third kappa shape index (κ3) is 4.14. The van der Waals surface area contributed by atoms with E-state index in [-0.39, 0.29) is 18.1 Å². The van der Waals surface area contributed by atoms with Gasteiger partial charge in [-0.15, -0.1) is 0 Å². The SMILES string of the molecule is C[C@H](NC(=O)NC[C@@H](c1ccco1)N1CCCC1)c1ccncc1. The molecular formula is C18H24N4O2. The standard InChI is InChI=1S/C18H24N4O2/c1-14(15-6-8-19-9-7-15)21-18(23)20-13-16(17-5-4-12-24-17)22-10-2-3-11-22/h4-9,12,14,16H,2-3,10-11,13H2,1H3,(H2,20,21,23)/t14-,16-/m0/s1. The van der Waals surface area contributed by atoms with Crippen molar-refractivity contribution in [3.8, 4) is 0 Å². The van der Waals surface area contributed by atoms with Crippen LogP contribution in [-0.4, -0.2) is 35.5 Å². The third-order valence-electron chi connectivity index (χ3n) is 4.46. The fourth-order valence-corrected chi connectivity index (χ4v) is 3.12. The van der Waals surface area contributed by atoms with Crippen LogP contribution in [0.25, 0.3) is 0 Å². The van der Waals surface area contributed by atoms with E-state index in [1.165, 1.54) is 12.8 Å². The van der Waals surface area contributed by atoms with Gasteiger partial charge in [0, 0.05) is 18.9 Å². The number of amides is 2. The number of rotatable bonds is 6. The van der Waals surface area contributed by atoms with Gasteiger partial charge in [0.2, 0.25) is 0 Å². The highest BCUT2D eigenvalue weighted by atomic mass is 16.3. The predicted molar refractivity (Wildman–Crippen MR) is 91.4 cm³/mol. The minimum Gasteiger partial charge on any atom is -0.468 e. The Labute approximate surface area is 142 Å². The Balaban J connectivity index is 1.55. The molecule has 0 radical (unpaired) electrons. The van der Waals surface area contributed by atoms with Gasteiger partial charge in [0.1, 0.15) is 5.76 Å². The summed E-state index contributed by atoms with van der Waals surface area (Å²) in [5.41, 5.74) is 1.03. The summed E-state index contributed by atoms with van der Waals surface area (Å²) < 4.78 is 5.57. The molecule has 128 valence electrons. The highest BCUT2D eigenvalue weighted by molar-refractivity contribution is 5.74. The number of pyridine rings is 1. The summed E-state index contributed by atoms with van der Waals surface area (Å²) in [4.78, 5) is 18.6. The molecule has 3 rings (SSSR count). The number of carbonyl (C=O) groups is 1. The summed E-state index contributed by atoms with van der Waals surface area (Å²) in [6.45, 7) is 4.58. The number of hydrogen-bond acceptors (Lipinski definition) is 4. The Morgan fingerprint density at radius 3 is 2.71 bits per heavy atom. The molecule has 1 aliphatic rings. The second-order valence-electron chi connectivity index (χ2n) is 6.13. The highest BCUT2D eigenvalue weighted by Gasteiger charge is 2.26. The quantitative estimate of drug-likeness (QED) is 0.855. The van der Waals surface area contributed by atoms with Crippen LogP contribution >= 0.6 is 0 Å². The molecular weight excluding hydrogens is 304 g/mol. The van der Waals surface area contributed by atoms with Gasteiger partial charge in [-0.1, -0.05) is 0 Å². The van der Waals surface area contributed by atoms with Crippen molar-refractivity contribution in [1.29, 1.82) is 0 Å². The van der Waals surface area contributed by atoms with E-state index >= 15 is 0 Å². The lowest BCUT2D eigenvalue weighted by molar-refractivity contribution is 0.202. The van der Waals surface area contributed by atoms with E-state index in [9.17, 15) is 4.79 Å². The number of carbonyl (C=O) groups excluding carboxylic acids is 1. The lowest BCUT2D eigenvalue weighted by atomic mass is 10.1. The lowest BCUT2D eigenvalue weighted by Gasteiger charge is -2.26. The second kappa shape index (κ2) is 7.97. The molecule has 1 saturated heterocycles. The number of likely N-dealkylation sites (tertiary alicyclic amines) is 1. The van der Waals surface area contributed by atoms with Crippen molar-refractivity contribution in [3.63, 3.8) is 0 Å². The Kier molecular flexibility index (Phi) is 5.48. The van der Waals surface area contributed by atoms with Crippen molar-refractivity contribution >= 4 is 6.03 Å². The number of furan rings is 1. The minimum atomic E-state index is -0.171. The predicted octanol–water partition coefficient (Wildman–Crippen LogP) is 2.87. The third-order valence-corrected chi connectivity index (χ3v) is 4.46. The normalized spacial score (nSPS) is 17.4. The Hall–Kier alpha value is -2.34. The molecule has 3 heterocycles. The monoisotopic (exact) mass is 328 g/mol. The average Bonchev–Trinajstić information content (AvgIpc) is 3.30. The van der Waals surface area contributed by atoms with E-state index in [1.807, 2.05) is 31.2 Å². The molecule has 2 amide bonds. The number of nitrogens with zero attached hydrogens (tertiary/aromatic N) is 2. The molecule has 0 aliphatic carbocycles. The van der Waals surface area contributed by atoms with Crippen LogP contribution in [0.1, 0.15) is 43.2 Å². The van der Waals surface area contributed by atoms with Crippen LogP contribution in [0.3, 0.4) is 0 Å². The Bertz CT molecular complexity index is 624. The van der Waals surface area contributed by atoms with Crippen LogP contribution in [-0.2, 0) is 0 Å². The van der Waals surface area contributed by atoms with Gasteiger partial charge in [0.25, 0.3) is 0 Å². The van der Waals surface area contributed by atoms with Gasteiger partial charge in [0.05, 0.1) is 18.3 Å². The van der Waals surface area contributed by atoms with Crippen LogP contribution in [0.15, 0.2) is 47.3 Å². The molecule has 0 bridgehead atoms. The van der Waals surface area contributed by atoms with Crippen molar-refractivity contribution in [2.75, 3.05) is 19.6 Å². The number of aromatic nitrogens is 1. The molecule has 1 fully saturated rings. The zero-order chi connectivity index (χ0) is 16.8. The van der Waals surface area contributed by atoms with Gasteiger partial charge < -0.3 is 15.1 Å². The zero-order valence-electron chi connectivity index (χ0n) is 13.9. The van der Waals surface area contributed by atoms with Crippen LogP contribution in [0.4, 0.5) is 4.79 Å². The maximum absolute atomic E-state index is 12.2. The molecule has 0 unspecified atom stereocenters. The van der Waals surface area contributed by atoms with Gasteiger partial charge in [-0.3, -0.25) is 9.88 Å². The molecule has 1 aliphatic heterocycles. The second-order valence-corrected chi connectivity index (χ2v) is 6.13. The summed E-state index contributed by atoms with van der Waals surface area (Å²) in [6.07, 6.45) is 7.53. The maximum atomic E-state index is 12.2. The van der Waals surface area contributed by atoms with Gasteiger partial charge in [-0.2, -0.15) is 0 Å². The lowest BCUT2D eigenvalue weighted by Crippen LogP contribution is -2.42. The summed E-state index contributed by atoms with van der Waals surface area (Å²) in [5, 5.41) is 5.94. The fraction of sp³-hybridized carbons (Fsp3) is 0.444. The average molecular weight is 328 g/mol. The molecule has 2 aromatic rings. The van der Waals surface area contributed by atoms with Crippen LogP contribution in [0.5, 0.6) is 0 Å². The molecule has 2 N–H and O–H groups in total. The van der Waals surface area contributed by atoms with Gasteiger partial charge in [-0.25, -0.2) is 4.79 Å². The Morgan fingerprint density at radius 2 is 2.04 bits per heavy atom. The van der Waals surface area contributed by atoms with E-state index in [0.717, 1.165) is 24.4 Å². The molecule has 0 spiro atoms. The van der Waals surface area contributed by atoms with Crippen molar-refractivity contribution in [3.05, 3.63) is 54.2 Å². The molecule has 24 heavy (non-hydrogen) atoms. The van der Waals surface area contributed by atoms with Crippen molar-refractivity contribution in [2.24, 2.45) is 0 Å². The first-order valence-electron chi connectivity index (χ1n) is 8.46. The van der Waals surface area contributed by atoms with Crippen LogP contribution in [0, 0.1) is 0 Å². The van der Waals surface area contributed by atoms with E-state index in [4.69, 9.17) is 4.42 Å². The molecule has 6 nitrogen and oxygen atoms in total. The van der Waals surface area contributed by atoms with E-state index < -0.39 is 0 Å². The zero-order valence-corrected chi connectivity index (χ0v) is 13.9. The first-order valence-corrected chi connectivity index (χ1v) is 8.46. The van der Waals surface area contributed by atoms with Crippen LogP contribution in [0.2, 0.25) is 0 Å². The highest BCUT2D eigenvalue weighted by Crippen LogP contribution is 2.24. The summed E-state index contributed by atoms with van der Waals surface area (Å²) >= 11 is 0. The van der Waals surface area contributed by atoms with E-state index in [1.54, 1.807) is 18.7 Å². The minimum absolute atomic E-state index is 0.0677. The molecule has 0 saturated carbocycles. The van der Waals surface area contributed by atoms with E-state index in [0.29, 0.717) is 6.54 Å². The van der Waals surface area contributed by atoms with Crippen molar-refractivity contribution < 1.29 is 9.21 Å². The molecule has 6 heteroatoms. The number of nitrogens with one attached hydrogen (secondary N) is 2. The molecule has 2 atom stereocenters. The summed E-state index contributed by atoms with van der Waals surface area (Å²) in [7, 11) is 0. The number of hydrogen-bond donors (Lipinski definition) is 2. The van der Waals surface area contributed by atoms with Gasteiger partial charge in [-0.05, 0) is 62.7 Å². The summed E-state index contributed by atoms with van der Waals surface area (Å²) in [5.74, 6) is 0.902. The van der Waals surface area contributed by atoms with E-state index in [2.05, 4.69) is 20.5 Å². The fourth-order valence-electron chi connectivity index (χ4n) is 3.12. The maximum Gasteiger partial charge on any atom is 0.315 e.